The normalized spacial score (nSPS) is 16.8. The first kappa shape index (κ1) is 18.9. The van der Waals surface area contributed by atoms with Crippen LogP contribution in [0.2, 0.25) is 0 Å². The van der Waals surface area contributed by atoms with Gasteiger partial charge in [-0.3, -0.25) is 14.6 Å². The molecule has 1 N–H and O–H groups in total. The highest BCUT2D eigenvalue weighted by Crippen LogP contribution is 2.25. The fourth-order valence-electron chi connectivity index (χ4n) is 3.59. The fraction of sp³-hybridized carbons (Fsp3) is 0.333. The van der Waals surface area contributed by atoms with Crippen LogP contribution in [0, 0.1) is 6.92 Å². The van der Waals surface area contributed by atoms with E-state index in [9.17, 15) is 4.79 Å². The SMILES string of the molecule is Cc1cc(NC(=O)C(c2ccccc2)N2CCN(Cc3cccs3)CC2)no1. The van der Waals surface area contributed by atoms with Crippen LogP contribution in [0.5, 0.6) is 0 Å². The fourth-order valence-corrected chi connectivity index (χ4v) is 4.33. The Morgan fingerprint density at radius 2 is 1.96 bits per heavy atom. The number of thiophene rings is 1. The second kappa shape index (κ2) is 8.68. The highest BCUT2D eigenvalue weighted by molar-refractivity contribution is 7.09. The molecule has 1 unspecified atom stereocenters. The van der Waals surface area contributed by atoms with E-state index in [4.69, 9.17) is 4.52 Å². The molecule has 3 aromatic rings. The molecule has 1 aliphatic rings. The molecular formula is C21H24N4O2S. The van der Waals surface area contributed by atoms with E-state index in [0.29, 0.717) is 11.6 Å². The standard InChI is InChI=1S/C21H24N4O2S/c1-16-14-19(23-27-16)22-21(26)20(17-6-3-2-4-7-17)25-11-9-24(10-12-25)15-18-8-5-13-28-18/h2-8,13-14,20H,9-12,15H2,1H3,(H,22,23,26). The molecule has 1 saturated heterocycles. The van der Waals surface area contributed by atoms with Crippen molar-refractivity contribution in [1.82, 2.24) is 15.0 Å². The molecule has 7 heteroatoms. The summed E-state index contributed by atoms with van der Waals surface area (Å²) in [6.07, 6.45) is 0. The van der Waals surface area contributed by atoms with E-state index in [1.165, 1.54) is 4.88 Å². The lowest BCUT2D eigenvalue weighted by atomic mass is 10.0. The second-order valence-corrected chi connectivity index (χ2v) is 8.05. The summed E-state index contributed by atoms with van der Waals surface area (Å²) in [5, 5.41) is 8.93. The molecule has 1 aliphatic heterocycles. The maximum Gasteiger partial charge on any atom is 0.247 e. The first-order valence-electron chi connectivity index (χ1n) is 9.47. The minimum absolute atomic E-state index is 0.0776. The zero-order chi connectivity index (χ0) is 19.3. The van der Waals surface area contributed by atoms with Crippen molar-refractivity contribution in [1.29, 1.82) is 0 Å². The van der Waals surface area contributed by atoms with E-state index in [2.05, 4.69) is 37.8 Å². The summed E-state index contributed by atoms with van der Waals surface area (Å²) in [5.41, 5.74) is 0.993. The van der Waals surface area contributed by atoms with Crippen molar-refractivity contribution in [2.45, 2.75) is 19.5 Å². The number of nitrogens with one attached hydrogen (secondary N) is 1. The van der Waals surface area contributed by atoms with Gasteiger partial charge in [0.2, 0.25) is 5.91 Å². The Balaban J connectivity index is 1.46. The van der Waals surface area contributed by atoms with Crippen LogP contribution < -0.4 is 5.32 Å². The lowest BCUT2D eigenvalue weighted by Crippen LogP contribution is -2.49. The Hall–Kier alpha value is -2.48. The van der Waals surface area contributed by atoms with Crippen LogP contribution in [0.15, 0.2) is 58.4 Å². The summed E-state index contributed by atoms with van der Waals surface area (Å²) in [7, 11) is 0. The molecule has 4 rings (SSSR count). The Bertz CT molecular complexity index is 886. The third-order valence-corrected chi connectivity index (χ3v) is 5.84. The lowest BCUT2D eigenvalue weighted by molar-refractivity contribution is -0.122. The van der Waals surface area contributed by atoms with E-state index in [1.807, 2.05) is 37.3 Å². The van der Waals surface area contributed by atoms with Crippen LogP contribution in [0.3, 0.4) is 0 Å². The zero-order valence-corrected chi connectivity index (χ0v) is 16.7. The van der Waals surface area contributed by atoms with Crippen molar-refractivity contribution in [2.75, 3.05) is 31.5 Å². The van der Waals surface area contributed by atoms with Gasteiger partial charge in [0.25, 0.3) is 0 Å². The highest BCUT2D eigenvalue weighted by Gasteiger charge is 2.31. The number of aromatic nitrogens is 1. The van der Waals surface area contributed by atoms with E-state index in [-0.39, 0.29) is 11.9 Å². The number of carbonyl (C=O) groups excluding carboxylic acids is 1. The molecule has 6 nitrogen and oxygen atoms in total. The molecule has 0 bridgehead atoms. The van der Waals surface area contributed by atoms with Crippen LogP contribution in [0.25, 0.3) is 0 Å². The minimum atomic E-state index is -0.345. The Kier molecular flexibility index (Phi) is 5.85. The number of hydrogen-bond donors (Lipinski definition) is 1. The summed E-state index contributed by atoms with van der Waals surface area (Å²) in [4.78, 5) is 19.2. The summed E-state index contributed by atoms with van der Waals surface area (Å²) < 4.78 is 5.08. The number of hydrogen-bond acceptors (Lipinski definition) is 6. The first-order valence-corrected chi connectivity index (χ1v) is 10.3. The molecular weight excluding hydrogens is 372 g/mol. The van der Waals surface area contributed by atoms with Gasteiger partial charge in [-0.25, -0.2) is 0 Å². The third-order valence-electron chi connectivity index (χ3n) is 4.97. The Morgan fingerprint density at radius 1 is 1.18 bits per heavy atom. The average molecular weight is 397 g/mol. The topological polar surface area (TPSA) is 61.6 Å². The van der Waals surface area contributed by atoms with E-state index in [1.54, 1.807) is 17.4 Å². The van der Waals surface area contributed by atoms with Crippen LogP contribution >= 0.6 is 11.3 Å². The molecule has 0 saturated carbocycles. The second-order valence-electron chi connectivity index (χ2n) is 7.02. The van der Waals surface area contributed by atoms with Crippen molar-refractivity contribution in [3.8, 4) is 0 Å². The van der Waals surface area contributed by atoms with Gasteiger partial charge in [-0.05, 0) is 23.9 Å². The van der Waals surface area contributed by atoms with E-state index < -0.39 is 0 Å². The number of benzene rings is 1. The Labute approximate surface area is 168 Å². The molecule has 0 spiro atoms. The zero-order valence-electron chi connectivity index (χ0n) is 15.9. The molecule has 0 aliphatic carbocycles. The predicted octanol–water partition coefficient (Wildman–Crippen LogP) is 3.54. The number of aryl methyl sites for hydroxylation is 1. The maximum absolute atomic E-state index is 13.1. The number of nitrogens with zero attached hydrogens (tertiary/aromatic N) is 3. The van der Waals surface area contributed by atoms with Gasteiger partial charge in [-0.15, -0.1) is 11.3 Å². The van der Waals surface area contributed by atoms with Crippen molar-refractivity contribution in [3.63, 3.8) is 0 Å². The summed E-state index contributed by atoms with van der Waals surface area (Å²) in [5.74, 6) is 1.06. The molecule has 1 aromatic carbocycles. The van der Waals surface area contributed by atoms with Gasteiger partial charge in [-0.2, -0.15) is 0 Å². The largest absolute Gasteiger partial charge is 0.360 e. The quantitative estimate of drug-likeness (QED) is 0.691. The van der Waals surface area contributed by atoms with Crippen LogP contribution in [-0.4, -0.2) is 47.0 Å². The van der Waals surface area contributed by atoms with Crippen LogP contribution in [0.4, 0.5) is 5.82 Å². The molecule has 2 aromatic heterocycles. The first-order chi connectivity index (χ1) is 13.7. The van der Waals surface area contributed by atoms with Crippen molar-refractivity contribution in [3.05, 3.63) is 70.1 Å². The van der Waals surface area contributed by atoms with Crippen molar-refractivity contribution < 1.29 is 9.32 Å². The molecule has 1 fully saturated rings. The van der Waals surface area contributed by atoms with Gasteiger partial charge in [0.15, 0.2) is 5.82 Å². The van der Waals surface area contributed by atoms with Crippen LogP contribution in [0.1, 0.15) is 22.2 Å². The number of carbonyl (C=O) groups is 1. The van der Waals surface area contributed by atoms with E-state index in [0.717, 1.165) is 38.3 Å². The summed E-state index contributed by atoms with van der Waals surface area (Å²) in [6, 6.07) is 15.6. The predicted molar refractivity (Wildman–Crippen MR) is 110 cm³/mol. The molecule has 1 amide bonds. The van der Waals surface area contributed by atoms with Gasteiger partial charge in [0.05, 0.1) is 0 Å². The van der Waals surface area contributed by atoms with Gasteiger partial charge < -0.3 is 9.84 Å². The number of anilines is 1. The third kappa shape index (κ3) is 4.49. The molecule has 0 radical (unpaired) electrons. The van der Waals surface area contributed by atoms with E-state index >= 15 is 0 Å². The summed E-state index contributed by atoms with van der Waals surface area (Å²) in [6.45, 7) is 6.36. The van der Waals surface area contributed by atoms with Crippen molar-refractivity contribution in [2.24, 2.45) is 0 Å². The van der Waals surface area contributed by atoms with Crippen molar-refractivity contribution >= 4 is 23.1 Å². The molecule has 1 atom stereocenters. The van der Waals surface area contributed by atoms with Gasteiger partial charge in [-0.1, -0.05) is 41.6 Å². The maximum atomic E-state index is 13.1. The molecule has 3 heterocycles. The average Bonchev–Trinajstić information content (AvgIpc) is 3.36. The molecule has 28 heavy (non-hydrogen) atoms. The monoisotopic (exact) mass is 396 g/mol. The Morgan fingerprint density at radius 3 is 2.61 bits per heavy atom. The number of amides is 1. The van der Waals surface area contributed by atoms with Gasteiger partial charge in [0, 0.05) is 43.7 Å². The summed E-state index contributed by atoms with van der Waals surface area (Å²) >= 11 is 1.79. The van der Waals surface area contributed by atoms with Gasteiger partial charge in [0.1, 0.15) is 11.8 Å². The smallest absolute Gasteiger partial charge is 0.247 e. The minimum Gasteiger partial charge on any atom is -0.360 e. The van der Waals surface area contributed by atoms with Gasteiger partial charge >= 0.3 is 0 Å². The number of piperazine rings is 1. The molecule has 146 valence electrons. The lowest BCUT2D eigenvalue weighted by Gasteiger charge is -2.38. The van der Waals surface area contributed by atoms with Crippen LogP contribution in [-0.2, 0) is 11.3 Å². The highest BCUT2D eigenvalue weighted by atomic mass is 32.1. The number of rotatable bonds is 6.